The Labute approximate surface area is 272 Å². The quantitative estimate of drug-likeness (QED) is 0.315. The molecule has 0 radical (unpaired) electrons. The topological polar surface area (TPSA) is 155 Å². The maximum atomic E-state index is 11.1. The van der Waals surface area contributed by atoms with Crippen molar-refractivity contribution in [3.63, 3.8) is 0 Å². The summed E-state index contributed by atoms with van der Waals surface area (Å²) in [7, 11) is 0. The van der Waals surface area contributed by atoms with Crippen LogP contribution in [0.5, 0.6) is 0 Å². The Balaban J connectivity index is 1.29. The number of nitrogens with zero attached hydrogens (tertiary/aromatic N) is 8. The van der Waals surface area contributed by atoms with Crippen molar-refractivity contribution < 1.29 is 14.4 Å². The molecule has 4 unspecified atom stereocenters. The molecule has 0 aromatic carbocycles. The van der Waals surface area contributed by atoms with E-state index in [9.17, 15) is 10.4 Å². The molecule has 0 saturated carbocycles. The van der Waals surface area contributed by atoms with Gasteiger partial charge in [-0.1, -0.05) is 12.1 Å². The number of piperidine rings is 1. The molecular weight excluding hydrogens is 602 g/mol. The Morgan fingerprint density at radius 1 is 1.22 bits per heavy atom. The van der Waals surface area contributed by atoms with E-state index in [0.29, 0.717) is 59.9 Å². The molecule has 0 amide bonds. The third kappa shape index (κ3) is 4.48. The maximum absolute atomic E-state index is 11.1. The average molecular weight is 644 g/mol. The number of likely N-dealkylation sites (tertiary alicyclic amines) is 1. The van der Waals surface area contributed by atoms with E-state index in [4.69, 9.17) is 30.1 Å². The van der Waals surface area contributed by atoms with Crippen LogP contribution in [0.3, 0.4) is 0 Å². The molecule has 4 atom stereocenters. The number of ether oxygens (including phenoxy) is 1. The molecule has 3 N–H and O–H groups in total. The smallest absolute Gasteiger partial charge is 0.186 e. The number of fused-ring (bicyclic) bond motifs is 5. The van der Waals surface area contributed by atoms with Crippen molar-refractivity contribution in [2.75, 3.05) is 43.4 Å². The third-order valence-corrected chi connectivity index (χ3v) is 11.8. The van der Waals surface area contributed by atoms with Crippen molar-refractivity contribution in [2.24, 2.45) is 0 Å². The Hall–Kier alpha value is -3.57. The van der Waals surface area contributed by atoms with Crippen molar-refractivity contribution in [1.82, 2.24) is 29.8 Å². The molecule has 4 aromatic rings. The van der Waals surface area contributed by atoms with Gasteiger partial charge in [0, 0.05) is 41.6 Å². The highest BCUT2D eigenvalue weighted by Gasteiger charge is 2.50. The standard InChI is InChI=1S/C33H41N9O3S/c1-4-40-13-6-8-23(40)19(2)42-31-22(17-36-42)30(41-14-7-11-32(3,43)18-41)37-29(38-31)26-20-10-15-44-33(27(20)45-39-26)12-5-9-24-25(33)21(16-34)28(35)46-24/h17,19,23,43H,4-15,18,35H2,1-3H3. The Morgan fingerprint density at radius 2 is 2.09 bits per heavy atom. The Kier molecular flexibility index (Phi) is 7.13. The molecule has 8 rings (SSSR count). The van der Waals surface area contributed by atoms with Gasteiger partial charge in [-0.2, -0.15) is 10.4 Å². The highest BCUT2D eigenvalue weighted by molar-refractivity contribution is 7.16. The first kappa shape index (κ1) is 29.8. The zero-order valence-electron chi connectivity index (χ0n) is 26.8. The van der Waals surface area contributed by atoms with E-state index >= 15 is 0 Å². The lowest BCUT2D eigenvalue weighted by atomic mass is 9.76. The minimum absolute atomic E-state index is 0.108. The summed E-state index contributed by atoms with van der Waals surface area (Å²) in [5, 5.41) is 32.1. The number of aromatic nitrogens is 5. The minimum Gasteiger partial charge on any atom is -0.389 e. The number of nitriles is 1. The lowest BCUT2D eigenvalue weighted by Crippen LogP contribution is -2.46. The maximum Gasteiger partial charge on any atom is 0.186 e. The molecular formula is C33H41N9O3S. The molecule has 2 fully saturated rings. The summed E-state index contributed by atoms with van der Waals surface area (Å²) >= 11 is 1.47. The van der Waals surface area contributed by atoms with Gasteiger partial charge in [-0.25, -0.2) is 14.6 Å². The van der Waals surface area contributed by atoms with Gasteiger partial charge in [0.25, 0.3) is 0 Å². The largest absolute Gasteiger partial charge is 0.389 e. The van der Waals surface area contributed by atoms with Crippen molar-refractivity contribution in [3.05, 3.63) is 33.5 Å². The second-order valence-corrected chi connectivity index (χ2v) is 14.8. The zero-order chi connectivity index (χ0) is 31.8. The van der Waals surface area contributed by atoms with Gasteiger partial charge in [-0.3, -0.25) is 4.90 Å². The molecule has 0 bridgehead atoms. The van der Waals surface area contributed by atoms with Crippen molar-refractivity contribution >= 4 is 33.2 Å². The lowest BCUT2D eigenvalue weighted by Gasteiger charge is -2.38. The number of rotatable bonds is 5. The van der Waals surface area contributed by atoms with Crippen LogP contribution in [0.25, 0.3) is 22.6 Å². The van der Waals surface area contributed by atoms with Gasteiger partial charge in [0.2, 0.25) is 0 Å². The van der Waals surface area contributed by atoms with Gasteiger partial charge in [-0.05, 0) is 71.9 Å². The number of β-amino-alcohol motifs (C(OH)–C–C–N with tert-alkyl or cyclic N) is 1. The number of nitrogens with two attached hydrogens (primary N) is 1. The van der Waals surface area contributed by atoms with Gasteiger partial charge >= 0.3 is 0 Å². The average Bonchev–Trinajstić information content (AvgIpc) is 3.84. The Morgan fingerprint density at radius 3 is 2.89 bits per heavy atom. The summed E-state index contributed by atoms with van der Waals surface area (Å²) < 4.78 is 14.8. The van der Waals surface area contributed by atoms with Crippen LogP contribution in [-0.4, -0.2) is 79.3 Å². The van der Waals surface area contributed by atoms with Crippen LogP contribution >= 0.6 is 11.3 Å². The molecule has 4 aliphatic rings. The summed E-state index contributed by atoms with van der Waals surface area (Å²) in [5.74, 6) is 1.86. The van der Waals surface area contributed by atoms with E-state index in [0.717, 1.165) is 84.6 Å². The fourth-order valence-corrected chi connectivity index (χ4v) is 9.67. The molecule has 2 saturated heterocycles. The van der Waals surface area contributed by atoms with E-state index in [1.165, 1.54) is 17.8 Å². The summed E-state index contributed by atoms with van der Waals surface area (Å²) in [5.41, 5.74) is 8.18. The summed E-state index contributed by atoms with van der Waals surface area (Å²) in [4.78, 5) is 16.1. The predicted octanol–water partition coefficient (Wildman–Crippen LogP) is 4.55. The van der Waals surface area contributed by atoms with Crippen LogP contribution in [0.2, 0.25) is 0 Å². The summed E-state index contributed by atoms with van der Waals surface area (Å²) in [6, 6.07) is 2.82. The highest BCUT2D eigenvalue weighted by Crippen LogP contribution is 2.53. The number of aryl methyl sites for hydroxylation is 1. The molecule has 13 heteroatoms. The fraction of sp³-hybridized carbons (Fsp3) is 0.606. The van der Waals surface area contributed by atoms with E-state index < -0.39 is 11.2 Å². The first-order valence-corrected chi connectivity index (χ1v) is 17.5. The second kappa shape index (κ2) is 11.0. The summed E-state index contributed by atoms with van der Waals surface area (Å²) in [6.07, 6.45) is 8.80. The van der Waals surface area contributed by atoms with Gasteiger partial charge in [0.1, 0.15) is 16.9 Å². The van der Waals surface area contributed by atoms with Crippen LogP contribution in [0, 0.1) is 11.3 Å². The molecule has 1 aliphatic carbocycles. The predicted molar refractivity (Wildman–Crippen MR) is 175 cm³/mol. The monoisotopic (exact) mass is 643 g/mol. The van der Waals surface area contributed by atoms with Gasteiger partial charge in [-0.15, -0.1) is 11.3 Å². The number of anilines is 2. The van der Waals surface area contributed by atoms with Crippen LogP contribution < -0.4 is 10.6 Å². The first-order valence-electron chi connectivity index (χ1n) is 16.7. The minimum atomic E-state index is -0.910. The van der Waals surface area contributed by atoms with E-state index in [1.807, 2.05) is 13.1 Å². The van der Waals surface area contributed by atoms with Crippen molar-refractivity contribution in [3.8, 4) is 17.6 Å². The second-order valence-electron chi connectivity index (χ2n) is 13.7. The van der Waals surface area contributed by atoms with Gasteiger partial charge in [0.15, 0.2) is 28.5 Å². The summed E-state index contributed by atoms with van der Waals surface area (Å²) in [6.45, 7) is 10.1. The molecule has 242 valence electrons. The van der Waals surface area contributed by atoms with Crippen molar-refractivity contribution in [2.45, 2.75) is 95.4 Å². The molecule has 46 heavy (non-hydrogen) atoms. The number of aliphatic hydroxyl groups is 1. The van der Waals surface area contributed by atoms with Gasteiger partial charge in [0.05, 0.1) is 35.4 Å². The molecule has 4 aromatic heterocycles. The third-order valence-electron chi connectivity index (χ3n) is 10.7. The van der Waals surface area contributed by atoms with Crippen molar-refractivity contribution in [1.29, 1.82) is 5.26 Å². The first-order chi connectivity index (χ1) is 22.2. The zero-order valence-corrected chi connectivity index (χ0v) is 27.6. The van der Waals surface area contributed by atoms with E-state index in [-0.39, 0.29) is 6.04 Å². The van der Waals surface area contributed by atoms with Crippen LogP contribution in [0.4, 0.5) is 10.8 Å². The number of thiophene rings is 1. The molecule has 12 nitrogen and oxygen atoms in total. The van der Waals surface area contributed by atoms with E-state index in [1.54, 1.807) is 0 Å². The lowest BCUT2D eigenvalue weighted by molar-refractivity contribution is -0.0580. The number of hydrogen-bond donors (Lipinski definition) is 2. The van der Waals surface area contributed by atoms with Gasteiger partial charge < -0.3 is 25.0 Å². The number of likely N-dealkylation sites (N-methyl/N-ethyl adjacent to an activating group) is 1. The SMILES string of the molecule is CCN1CCCC1C(C)n1ncc2c(N3CCCC(C)(O)C3)nc(-c3noc4c3CCOC43CCCc4sc(N)c(C#N)c43)nc21. The normalized spacial score (nSPS) is 27.2. The fourth-order valence-electron chi connectivity index (χ4n) is 8.54. The highest BCUT2D eigenvalue weighted by atomic mass is 32.1. The number of nitrogen functional groups attached to an aromatic ring is 1. The van der Waals surface area contributed by atoms with E-state index in [2.05, 4.69) is 39.6 Å². The Bertz CT molecular complexity index is 1850. The molecule has 7 heterocycles. The molecule has 3 aliphatic heterocycles. The van der Waals surface area contributed by atoms with Crippen LogP contribution in [0.15, 0.2) is 10.7 Å². The van der Waals surface area contributed by atoms with Crippen LogP contribution in [-0.2, 0) is 23.2 Å². The van der Waals surface area contributed by atoms with Crippen LogP contribution in [0.1, 0.15) is 92.7 Å². The number of hydrogen-bond acceptors (Lipinski definition) is 12. The molecule has 1 spiro atoms.